The predicted octanol–water partition coefficient (Wildman–Crippen LogP) is 2.51. The van der Waals surface area contributed by atoms with E-state index >= 15 is 0 Å². The van der Waals surface area contributed by atoms with Crippen molar-refractivity contribution in [2.45, 2.75) is 13.0 Å². The van der Waals surface area contributed by atoms with Crippen molar-refractivity contribution in [3.05, 3.63) is 59.7 Å². The average molecular weight is 244 g/mol. The standard InChI is InChI=1S/C15H16O3/c16-9-8-13-5-1-2-7-15(13)18-11-12-4-3-6-14(17)10-12/h1-7,10,16-17H,8-9,11H2. The first kappa shape index (κ1) is 12.5. The summed E-state index contributed by atoms with van der Waals surface area (Å²) >= 11 is 0. The van der Waals surface area contributed by atoms with Crippen molar-refractivity contribution in [3.63, 3.8) is 0 Å². The van der Waals surface area contributed by atoms with E-state index < -0.39 is 0 Å². The number of benzene rings is 2. The molecule has 0 amide bonds. The van der Waals surface area contributed by atoms with Crippen LogP contribution in [0.1, 0.15) is 11.1 Å². The molecule has 2 rings (SSSR count). The minimum absolute atomic E-state index is 0.104. The normalized spacial score (nSPS) is 10.3. The number of ether oxygens (including phenoxy) is 1. The molecule has 0 fully saturated rings. The summed E-state index contributed by atoms with van der Waals surface area (Å²) in [7, 11) is 0. The summed E-state index contributed by atoms with van der Waals surface area (Å²) in [4.78, 5) is 0. The Balaban J connectivity index is 2.06. The van der Waals surface area contributed by atoms with Crippen molar-refractivity contribution in [1.82, 2.24) is 0 Å². The molecule has 0 atom stereocenters. The number of aliphatic hydroxyl groups excluding tert-OH is 1. The van der Waals surface area contributed by atoms with Crippen LogP contribution in [0.3, 0.4) is 0 Å². The molecule has 0 saturated carbocycles. The van der Waals surface area contributed by atoms with Gasteiger partial charge in [-0.2, -0.15) is 0 Å². The zero-order chi connectivity index (χ0) is 12.8. The number of hydrogen-bond donors (Lipinski definition) is 2. The van der Waals surface area contributed by atoms with Crippen molar-refractivity contribution in [1.29, 1.82) is 0 Å². The Kier molecular flexibility index (Phi) is 4.20. The summed E-state index contributed by atoms with van der Waals surface area (Å²) in [6, 6.07) is 14.6. The number of rotatable bonds is 5. The van der Waals surface area contributed by atoms with Crippen molar-refractivity contribution in [2.24, 2.45) is 0 Å². The first-order valence-electron chi connectivity index (χ1n) is 5.89. The summed E-state index contributed by atoms with van der Waals surface area (Å²) < 4.78 is 5.71. The molecule has 0 spiro atoms. The molecule has 3 nitrogen and oxygen atoms in total. The third-order valence-corrected chi connectivity index (χ3v) is 2.66. The van der Waals surface area contributed by atoms with E-state index in [1.54, 1.807) is 18.2 Å². The first-order chi connectivity index (χ1) is 8.79. The Bertz CT molecular complexity index is 509. The summed E-state index contributed by atoms with van der Waals surface area (Å²) in [6.45, 7) is 0.503. The van der Waals surface area contributed by atoms with Crippen molar-refractivity contribution < 1.29 is 14.9 Å². The van der Waals surface area contributed by atoms with Gasteiger partial charge in [0.25, 0.3) is 0 Å². The van der Waals surface area contributed by atoms with Gasteiger partial charge in [-0.3, -0.25) is 0 Å². The number of phenols is 1. The Morgan fingerprint density at radius 3 is 2.61 bits per heavy atom. The molecule has 0 unspecified atom stereocenters. The van der Waals surface area contributed by atoms with E-state index in [9.17, 15) is 5.11 Å². The van der Waals surface area contributed by atoms with Gasteiger partial charge in [-0.25, -0.2) is 0 Å². The third kappa shape index (κ3) is 3.25. The molecule has 18 heavy (non-hydrogen) atoms. The van der Waals surface area contributed by atoms with Gasteiger partial charge in [0.15, 0.2) is 0 Å². The SMILES string of the molecule is OCCc1ccccc1OCc1cccc(O)c1. The van der Waals surface area contributed by atoms with Crippen molar-refractivity contribution in [2.75, 3.05) is 6.61 Å². The molecule has 3 heteroatoms. The largest absolute Gasteiger partial charge is 0.508 e. The number of aromatic hydroxyl groups is 1. The lowest BCUT2D eigenvalue weighted by Gasteiger charge is -2.10. The molecule has 2 aromatic carbocycles. The van der Waals surface area contributed by atoms with Crippen LogP contribution < -0.4 is 4.74 Å². The second-order valence-electron chi connectivity index (χ2n) is 4.04. The van der Waals surface area contributed by atoms with E-state index in [0.29, 0.717) is 13.0 Å². The highest BCUT2D eigenvalue weighted by Crippen LogP contribution is 2.20. The molecule has 2 aromatic rings. The summed E-state index contributed by atoms with van der Waals surface area (Å²) in [5.41, 5.74) is 1.90. The molecule has 0 aliphatic rings. The quantitative estimate of drug-likeness (QED) is 0.849. The molecule has 0 aliphatic carbocycles. The van der Waals surface area contributed by atoms with E-state index in [0.717, 1.165) is 16.9 Å². The van der Waals surface area contributed by atoms with Gasteiger partial charge >= 0.3 is 0 Å². The van der Waals surface area contributed by atoms with E-state index in [4.69, 9.17) is 9.84 Å². The summed E-state index contributed by atoms with van der Waals surface area (Å²) in [5, 5.41) is 18.3. The molecule has 0 aliphatic heterocycles. The van der Waals surface area contributed by atoms with Crippen LogP contribution in [0.2, 0.25) is 0 Å². The maximum Gasteiger partial charge on any atom is 0.123 e. The van der Waals surface area contributed by atoms with Crippen LogP contribution in [0.4, 0.5) is 0 Å². The van der Waals surface area contributed by atoms with E-state index in [1.807, 2.05) is 30.3 Å². The number of para-hydroxylation sites is 1. The van der Waals surface area contributed by atoms with Gasteiger partial charge in [-0.15, -0.1) is 0 Å². The first-order valence-corrected chi connectivity index (χ1v) is 5.89. The molecule has 0 aromatic heterocycles. The Morgan fingerprint density at radius 1 is 1.00 bits per heavy atom. The van der Waals surface area contributed by atoms with Gasteiger partial charge in [-0.1, -0.05) is 30.3 Å². The highest BCUT2D eigenvalue weighted by Gasteiger charge is 2.03. The fourth-order valence-corrected chi connectivity index (χ4v) is 1.78. The van der Waals surface area contributed by atoms with Crippen LogP contribution >= 0.6 is 0 Å². The lowest BCUT2D eigenvalue weighted by molar-refractivity contribution is 0.283. The second-order valence-corrected chi connectivity index (χ2v) is 4.04. The molecule has 0 bridgehead atoms. The maximum atomic E-state index is 9.36. The van der Waals surface area contributed by atoms with Crippen LogP contribution in [-0.2, 0) is 13.0 Å². The summed E-state index contributed by atoms with van der Waals surface area (Å²) in [6.07, 6.45) is 0.580. The van der Waals surface area contributed by atoms with Crippen molar-refractivity contribution in [3.8, 4) is 11.5 Å². The lowest BCUT2D eigenvalue weighted by atomic mass is 10.1. The number of hydrogen-bond acceptors (Lipinski definition) is 3. The monoisotopic (exact) mass is 244 g/mol. The van der Waals surface area contributed by atoms with E-state index in [1.165, 1.54) is 0 Å². The van der Waals surface area contributed by atoms with Crippen LogP contribution in [0.15, 0.2) is 48.5 Å². The molecule has 2 N–H and O–H groups in total. The Morgan fingerprint density at radius 2 is 1.83 bits per heavy atom. The molecule has 0 radical (unpaired) electrons. The molecule has 0 saturated heterocycles. The maximum absolute atomic E-state index is 9.36. The predicted molar refractivity (Wildman–Crippen MR) is 69.7 cm³/mol. The topological polar surface area (TPSA) is 49.7 Å². The van der Waals surface area contributed by atoms with E-state index in [2.05, 4.69) is 0 Å². The fraction of sp³-hybridized carbons (Fsp3) is 0.200. The number of aliphatic hydroxyl groups is 1. The zero-order valence-electron chi connectivity index (χ0n) is 10.0. The zero-order valence-corrected chi connectivity index (χ0v) is 10.0. The average Bonchev–Trinajstić information content (AvgIpc) is 2.38. The van der Waals surface area contributed by atoms with Gasteiger partial charge in [0.05, 0.1) is 0 Å². The van der Waals surface area contributed by atoms with Gasteiger partial charge in [-0.05, 0) is 35.7 Å². The smallest absolute Gasteiger partial charge is 0.123 e. The van der Waals surface area contributed by atoms with E-state index in [-0.39, 0.29) is 12.4 Å². The minimum atomic E-state index is 0.104. The van der Waals surface area contributed by atoms with Crippen LogP contribution in [0.5, 0.6) is 11.5 Å². The second kappa shape index (κ2) is 6.07. The highest BCUT2D eigenvalue weighted by molar-refractivity contribution is 5.34. The third-order valence-electron chi connectivity index (χ3n) is 2.66. The minimum Gasteiger partial charge on any atom is -0.508 e. The van der Waals surface area contributed by atoms with Crippen molar-refractivity contribution >= 4 is 0 Å². The van der Waals surface area contributed by atoms with Crippen LogP contribution in [0, 0.1) is 0 Å². The van der Waals surface area contributed by atoms with Crippen LogP contribution in [0.25, 0.3) is 0 Å². The van der Waals surface area contributed by atoms with Gasteiger partial charge in [0.2, 0.25) is 0 Å². The van der Waals surface area contributed by atoms with Crippen LogP contribution in [-0.4, -0.2) is 16.8 Å². The van der Waals surface area contributed by atoms with Gasteiger partial charge in [0.1, 0.15) is 18.1 Å². The summed E-state index contributed by atoms with van der Waals surface area (Å²) in [5.74, 6) is 1.01. The number of phenolic OH excluding ortho intramolecular Hbond substituents is 1. The molecular formula is C15H16O3. The van der Waals surface area contributed by atoms with Gasteiger partial charge in [0, 0.05) is 6.61 Å². The molecule has 94 valence electrons. The fourth-order valence-electron chi connectivity index (χ4n) is 1.78. The van der Waals surface area contributed by atoms with Gasteiger partial charge < -0.3 is 14.9 Å². The molecule has 0 heterocycles. The molecular weight excluding hydrogens is 228 g/mol. The Hall–Kier alpha value is -2.00. The highest BCUT2D eigenvalue weighted by atomic mass is 16.5. The Labute approximate surface area is 106 Å². The lowest BCUT2D eigenvalue weighted by Crippen LogP contribution is -2.00.